The Morgan fingerprint density at radius 2 is 1.48 bits per heavy atom. The molecular formula is C20H38O. The molecule has 0 aliphatic heterocycles. The summed E-state index contributed by atoms with van der Waals surface area (Å²) >= 11 is 0. The number of Topliss-reactive ketones (excluding diaryl/α,β-unsaturated/α-hetero) is 1. The third-order valence-corrected chi connectivity index (χ3v) is 2.88. The number of hydrogen-bond donors (Lipinski definition) is 0. The summed E-state index contributed by atoms with van der Waals surface area (Å²) in [6.45, 7) is 18.1. The van der Waals surface area contributed by atoms with Gasteiger partial charge in [0.1, 0.15) is 5.78 Å². The first-order valence-electron chi connectivity index (χ1n) is 8.39. The molecule has 21 heavy (non-hydrogen) atoms. The average molecular weight is 295 g/mol. The molecule has 1 aromatic carbocycles. The second-order valence-electron chi connectivity index (χ2n) is 5.17. The minimum Gasteiger partial charge on any atom is -0.300 e. The number of carbonyl (C=O) groups excluding carboxylic acids is 1. The minimum atomic E-state index is 0.167. The lowest BCUT2D eigenvalue weighted by Gasteiger charge is -1.98. The van der Waals surface area contributed by atoms with Crippen molar-refractivity contribution in [2.75, 3.05) is 0 Å². The van der Waals surface area contributed by atoms with Crippen LogP contribution < -0.4 is 0 Å². The molecule has 1 aromatic rings. The van der Waals surface area contributed by atoms with Crippen molar-refractivity contribution in [1.82, 2.24) is 0 Å². The molecule has 0 aromatic heterocycles. The first-order chi connectivity index (χ1) is 9.87. The number of hydrogen-bond acceptors (Lipinski definition) is 1. The summed E-state index contributed by atoms with van der Waals surface area (Å²) in [5.74, 6) is 1.10. The molecule has 0 aliphatic carbocycles. The molecule has 0 atom stereocenters. The Kier molecular flexibility index (Phi) is 22.4. The van der Waals surface area contributed by atoms with Crippen LogP contribution in [0.1, 0.15) is 79.4 Å². The van der Waals surface area contributed by atoms with E-state index in [4.69, 9.17) is 0 Å². The summed E-state index contributed by atoms with van der Waals surface area (Å²) in [6.07, 6.45) is 3.80. The van der Waals surface area contributed by atoms with Gasteiger partial charge in [0, 0.05) is 0 Å². The number of carbonyl (C=O) groups is 1. The van der Waals surface area contributed by atoms with Gasteiger partial charge in [0.15, 0.2) is 0 Å². The SMILES string of the molecule is CC.CC(C)=O.CCC(C)CC.CCc1cccc(C)c1. The Labute approximate surface area is 134 Å². The summed E-state index contributed by atoms with van der Waals surface area (Å²) in [7, 11) is 0. The zero-order valence-corrected chi connectivity index (χ0v) is 15.9. The van der Waals surface area contributed by atoms with Gasteiger partial charge >= 0.3 is 0 Å². The predicted octanol–water partition coefficient (Wildman–Crippen LogP) is 6.62. The van der Waals surface area contributed by atoms with Gasteiger partial charge in [-0.3, -0.25) is 0 Å². The van der Waals surface area contributed by atoms with Gasteiger partial charge in [-0.05, 0) is 38.7 Å². The van der Waals surface area contributed by atoms with Crippen molar-refractivity contribution in [3.05, 3.63) is 35.4 Å². The van der Waals surface area contributed by atoms with Crippen LogP contribution in [0.3, 0.4) is 0 Å². The van der Waals surface area contributed by atoms with Crippen LogP contribution in [0.5, 0.6) is 0 Å². The zero-order valence-electron chi connectivity index (χ0n) is 15.9. The maximum atomic E-state index is 9.44. The monoisotopic (exact) mass is 294 g/mol. The van der Waals surface area contributed by atoms with Crippen molar-refractivity contribution in [2.45, 2.75) is 81.6 Å². The van der Waals surface area contributed by atoms with E-state index in [1.54, 1.807) is 0 Å². The second kappa shape index (κ2) is 18.9. The molecule has 0 amide bonds. The molecule has 0 saturated carbocycles. The Bertz CT molecular complexity index is 320. The highest BCUT2D eigenvalue weighted by molar-refractivity contribution is 5.72. The van der Waals surface area contributed by atoms with Crippen LogP contribution in [-0.4, -0.2) is 5.78 Å². The van der Waals surface area contributed by atoms with Gasteiger partial charge in [0.25, 0.3) is 0 Å². The van der Waals surface area contributed by atoms with Crippen molar-refractivity contribution >= 4 is 5.78 Å². The van der Waals surface area contributed by atoms with E-state index in [2.05, 4.69) is 58.9 Å². The molecule has 1 nitrogen and oxygen atoms in total. The summed E-state index contributed by atoms with van der Waals surface area (Å²) < 4.78 is 0. The van der Waals surface area contributed by atoms with Gasteiger partial charge in [-0.2, -0.15) is 0 Å². The predicted molar refractivity (Wildman–Crippen MR) is 98.0 cm³/mol. The first kappa shape index (κ1) is 24.9. The van der Waals surface area contributed by atoms with E-state index in [-0.39, 0.29) is 5.78 Å². The standard InChI is InChI=1S/C9H12.C6H14.C3H6O.C2H6/c1-3-9-6-4-5-8(2)7-9;1-4-6(3)5-2;1-3(2)4;1-2/h4-7H,3H2,1-2H3;6H,4-5H2,1-3H3;1-2H3;1-2H3. The minimum absolute atomic E-state index is 0.167. The molecule has 0 unspecified atom stereocenters. The van der Waals surface area contributed by atoms with Gasteiger partial charge in [0.05, 0.1) is 0 Å². The van der Waals surface area contributed by atoms with Gasteiger partial charge in [-0.15, -0.1) is 0 Å². The first-order valence-corrected chi connectivity index (χ1v) is 8.39. The quantitative estimate of drug-likeness (QED) is 0.612. The largest absolute Gasteiger partial charge is 0.300 e. The summed E-state index contributed by atoms with van der Waals surface area (Å²) in [4.78, 5) is 9.44. The second-order valence-corrected chi connectivity index (χ2v) is 5.17. The fourth-order valence-corrected chi connectivity index (χ4v) is 1.22. The van der Waals surface area contributed by atoms with E-state index in [0.717, 1.165) is 12.3 Å². The molecule has 0 heterocycles. The Balaban J connectivity index is -0.000000236. The van der Waals surface area contributed by atoms with Gasteiger partial charge in [-0.1, -0.05) is 84.2 Å². The zero-order chi connectivity index (χ0) is 17.3. The smallest absolute Gasteiger partial charge is 0.126 e. The van der Waals surface area contributed by atoms with Crippen LogP contribution in [0.25, 0.3) is 0 Å². The molecule has 0 radical (unpaired) electrons. The van der Waals surface area contributed by atoms with Crippen LogP contribution >= 0.6 is 0 Å². The highest BCUT2D eigenvalue weighted by atomic mass is 16.1. The van der Waals surface area contributed by atoms with Crippen LogP contribution in [0, 0.1) is 12.8 Å². The van der Waals surface area contributed by atoms with Gasteiger partial charge in [-0.25, -0.2) is 0 Å². The lowest BCUT2D eigenvalue weighted by Crippen LogP contribution is -1.85. The molecule has 0 saturated heterocycles. The summed E-state index contributed by atoms with van der Waals surface area (Å²) in [5.41, 5.74) is 2.78. The fourth-order valence-electron chi connectivity index (χ4n) is 1.22. The third-order valence-electron chi connectivity index (χ3n) is 2.88. The lowest BCUT2D eigenvalue weighted by atomic mass is 10.1. The fraction of sp³-hybridized carbons (Fsp3) is 0.650. The highest BCUT2D eigenvalue weighted by Crippen LogP contribution is 2.03. The number of ketones is 1. The summed E-state index contributed by atoms with van der Waals surface area (Å²) in [5, 5.41) is 0. The molecule has 0 spiro atoms. The highest BCUT2D eigenvalue weighted by Gasteiger charge is 1.88. The van der Waals surface area contributed by atoms with Crippen LogP contribution in [0.4, 0.5) is 0 Å². The molecule has 1 heteroatoms. The molecular weight excluding hydrogens is 256 g/mol. The topological polar surface area (TPSA) is 17.1 Å². The number of benzene rings is 1. The summed E-state index contributed by atoms with van der Waals surface area (Å²) in [6, 6.07) is 8.61. The van der Waals surface area contributed by atoms with Crippen LogP contribution in [-0.2, 0) is 11.2 Å². The lowest BCUT2D eigenvalue weighted by molar-refractivity contribution is -0.114. The van der Waals surface area contributed by atoms with Crippen LogP contribution in [0.2, 0.25) is 0 Å². The maximum Gasteiger partial charge on any atom is 0.126 e. The van der Waals surface area contributed by atoms with E-state index in [1.807, 2.05) is 13.8 Å². The third kappa shape index (κ3) is 24.3. The molecule has 1 rings (SSSR count). The van der Waals surface area contributed by atoms with Crippen molar-refractivity contribution in [2.24, 2.45) is 5.92 Å². The van der Waals surface area contributed by atoms with E-state index in [9.17, 15) is 4.79 Å². The van der Waals surface area contributed by atoms with Crippen molar-refractivity contribution < 1.29 is 4.79 Å². The normalized spacial score (nSPS) is 8.48. The van der Waals surface area contributed by atoms with Gasteiger partial charge < -0.3 is 4.79 Å². The number of aryl methyl sites for hydroxylation is 2. The number of rotatable bonds is 3. The van der Waals surface area contributed by atoms with Crippen molar-refractivity contribution in [1.29, 1.82) is 0 Å². The van der Waals surface area contributed by atoms with Crippen molar-refractivity contribution in [3.8, 4) is 0 Å². The molecule has 124 valence electrons. The van der Waals surface area contributed by atoms with E-state index in [1.165, 1.54) is 37.8 Å². The van der Waals surface area contributed by atoms with E-state index < -0.39 is 0 Å². The molecule has 0 fully saturated rings. The average Bonchev–Trinajstić information content (AvgIpc) is 2.48. The molecule has 0 bridgehead atoms. The van der Waals surface area contributed by atoms with Gasteiger partial charge in [0.2, 0.25) is 0 Å². The maximum absolute atomic E-state index is 9.44. The van der Waals surface area contributed by atoms with E-state index in [0.29, 0.717) is 0 Å². The van der Waals surface area contributed by atoms with Crippen molar-refractivity contribution in [3.63, 3.8) is 0 Å². The Morgan fingerprint density at radius 3 is 1.67 bits per heavy atom. The Hall–Kier alpha value is -1.11. The molecule has 0 aliphatic rings. The molecule has 0 N–H and O–H groups in total. The van der Waals surface area contributed by atoms with E-state index >= 15 is 0 Å². The Morgan fingerprint density at radius 1 is 1.05 bits per heavy atom. The van der Waals surface area contributed by atoms with Crippen LogP contribution in [0.15, 0.2) is 24.3 Å².